The number of nitrogens with zero attached hydrogens (tertiary/aromatic N) is 2. The van der Waals surface area contributed by atoms with E-state index in [1.807, 2.05) is 0 Å². The first-order valence-corrected chi connectivity index (χ1v) is 8.43. The molecule has 22 heavy (non-hydrogen) atoms. The minimum absolute atomic E-state index is 0.0375. The van der Waals surface area contributed by atoms with E-state index in [2.05, 4.69) is 36.4 Å². The number of nitrogens with one attached hydrogen (secondary N) is 2. The first-order valence-electron chi connectivity index (χ1n) is 6.76. The van der Waals surface area contributed by atoms with Gasteiger partial charge in [-0.3, -0.25) is 9.89 Å². The predicted molar refractivity (Wildman–Crippen MR) is 83.4 cm³/mol. The molecule has 1 fully saturated rings. The van der Waals surface area contributed by atoms with Gasteiger partial charge in [-0.15, -0.1) is 11.3 Å². The van der Waals surface area contributed by atoms with E-state index < -0.39 is 5.97 Å². The number of thiazole rings is 1. The molecule has 0 unspecified atom stereocenters. The minimum Gasteiger partial charge on any atom is -0.476 e. The van der Waals surface area contributed by atoms with Crippen LogP contribution in [0.15, 0.2) is 9.85 Å². The number of halogens is 1. The van der Waals surface area contributed by atoms with Crippen LogP contribution < -0.4 is 5.32 Å². The summed E-state index contributed by atoms with van der Waals surface area (Å²) in [5, 5.41) is 20.7. The number of carboxylic acids is 1. The zero-order chi connectivity index (χ0) is 15.7. The molecular formula is C13H13BrN4O3S. The number of aromatic carboxylic acids is 1. The summed E-state index contributed by atoms with van der Waals surface area (Å²) in [5.41, 5.74) is 1.37. The standard InChI is InChI=1S/C13H13BrN4O3S/c14-9-10(6-1-2-6)17-18-11(9)12(19)15-4-3-8-16-7(5-22-8)13(20)21/h5-6H,1-4H2,(H,15,19)(H,17,18)(H,20,21). The van der Waals surface area contributed by atoms with E-state index in [1.54, 1.807) is 0 Å². The van der Waals surface area contributed by atoms with E-state index in [4.69, 9.17) is 5.11 Å². The van der Waals surface area contributed by atoms with Crippen LogP contribution in [0.1, 0.15) is 50.4 Å². The van der Waals surface area contributed by atoms with E-state index in [-0.39, 0.29) is 11.6 Å². The highest BCUT2D eigenvalue weighted by atomic mass is 79.9. The molecule has 3 N–H and O–H groups in total. The van der Waals surface area contributed by atoms with Gasteiger partial charge in [-0.2, -0.15) is 5.10 Å². The van der Waals surface area contributed by atoms with Gasteiger partial charge in [-0.25, -0.2) is 9.78 Å². The molecule has 1 saturated carbocycles. The molecule has 1 aliphatic rings. The lowest BCUT2D eigenvalue weighted by Crippen LogP contribution is -2.26. The van der Waals surface area contributed by atoms with Gasteiger partial charge in [0.15, 0.2) is 11.4 Å². The molecule has 1 aliphatic carbocycles. The predicted octanol–water partition coefficient (Wildman–Crippen LogP) is 2.18. The molecule has 9 heteroatoms. The molecule has 0 bridgehead atoms. The Balaban J connectivity index is 1.54. The fraction of sp³-hybridized carbons (Fsp3) is 0.385. The molecule has 0 saturated heterocycles. The number of rotatable bonds is 6. The van der Waals surface area contributed by atoms with Crippen molar-refractivity contribution in [1.29, 1.82) is 0 Å². The van der Waals surface area contributed by atoms with Gasteiger partial charge >= 0.3 is 5.97 Å². The van der Waals surface area contributed by atoms with Gasteiger partial charge in [0.05, 0.1) is 15.2 Å². The topological polar surface area (TPSA) is 108 Å². The van der Waals surface area contributed by atoms with Crippen LogP contribution in [-0.4, -0.2) is 38.7 Å². The van der Waals surface area contributed by atoms with Gasteiger partial charge < -0.3 is 10.4 Å². The number of carbonyl (C=O) groups is 2. The summed E-state index contributed by atoms with van der Waals surface area (Å²) in [6, 6.07) is 0. The second-order valence-corrected chi connectivity index (χ2v) is 6.75. The van der Waals surface area contributed by atoms with Gasteiger partial charge in [-0.05, 0) is 28.8 Å². The maximum atomic E-state index is 12.1. The molecule has 7 nitrogen and oxygen atoms in total. The fourth-order valence-corrected chi connectivity index (χ4v) is 3.48. The number of H-pyrrole nitrogens is 1. The summed E-state index contributed by atoms with van der Waals surface area (Å²) in [5.74, 6) is -0.821. The normalized spacial score (nSPS) is 14.0. The molecule has 0 aliphatic heterocycles. The van der Waals surface area contributed by atoms with E-state index >= 15 is 0 Å². The van der Waals surface area contributed by atoms with Crippen molar-refractivity contribution in [1.82, 2.24) is 20.5 Å². The molecule has 2 aromatic rings. The van der Waals surface area contributed by atoms with Crippen molar-refractivity contribution < 1.29 is 14.7 Å². The SMILES string of the molecule is O=C(O)c1csc(CCNC(=O)c2n[nH]c(C3CC3)c2Br)n1. The molecule has 0 atom stereocenters. The summed E-state index contributed by atoms with van der Waals surface area (Å²) < 4.78 is 0.731. The lowest BCUT2D eigenvalue weighted by molar-refractivity contribution is 0.0690. The molecule has 0 aromatic carbocycles. The van der Waals surface area contributed by atoms with Crippen LogP contribution in [0.3, 0.4) is 0 Å². The Labute approximate surface area is 138 Å². The van der Waals surface area contributed by atoms with Crippen molar-refractivity contribution in [3.05, 3.63) is 31.9 Å². The Morgan fingerprint density at radius 3 is 2.91 bits per heavy atom. The molecule has 3 rings (SSSR count). The second kappa shape index (κ2) is 6.17. The zero-order valence-corrected chi connectivity index (χ0v) is 13.8. The van der Waals surface area contributed by atoms with Crippen molar-refractivity contribution >= 4 is 39.1 Å². The first-order chi connectivity index (χ1) is 10.6. The number of hydrogen-bond acceptors (Lipinski definition) is 5. The molecule has 2 aromatic heterocycles. The summed E-state index contributed by atoms with van der Waals surface area (Å²) in [6.45, 7) is 0.378. The Kier molecular flexibility index (Phi) is 4.25. The number of amides is 1. The lowest BCUT2D eigenvalue weighted by atomic mass is 10.2. The Morgan fingerprint density at radius 2 is 2.27 bits per heavy atom. The molecule has 1 amide bonds. The van der Waals surface area contributed by atoms with Gasteiger partial charge in [0.1, 0.15) is 0 Å². The van der Waals surface area contributed by atoms with Crippen molar-refractivity contribution in [2.75, 3.05) is 6.54 Å². The zero-order valence-electron chi connectivity index (χ0n) is 11.4. The summed E-state index contributed by atoms with van der Waals surface area (Å²) in [7, 11) is 0. The highest BCUT2D eigenvalue weighted by Gasteiger charge is 2.30. The number of aromatic nitrogens is 3. The van der Waals surface area contributed by atoms with Gasteiger partial charge in [0.2, 0.25) is 0 Å². The number of carbonyl (C=O) groups excluding carboxylic acids is 1. The molecule has 0 radical (unpaired) electrons. The monoisotopic (exact) mass is 384 g/mol. The van der Waals surface area contributed by atoms with Crippen LogP contribution in [0.2, 0.25) is 0 Å². The average Bonchev–Trinajstić information content (AvgIpc) is 3.07. The van der Waals surface area contributed by atoms with Crippen molar-refractivity contribution in [2.45, 2.75) is 25.2 Å². The smallest absolute Gasteiger partial charge is 0.355 e. The van der Waals surface area contributed by atoms with Crippen LogP contribution in [0, 0.1) is 0 Å². The van der Waals surface area contributed by atoms with Crippen LogP contribution in [0.4, 0.5) is 0 Å². The summed E-state index contributed by atoms with van der Waals surface area (Å²) >= 11 is 4.69. The minimum atomic E-state index is -1.04. The van der Waals surface area contributed by atoms with Crippen molar-refractivity contribution in [2.24, 2.45) is 0 Å². The average molecular weight is 385 g/mol. The van der Waals surface area contributed by atoms with Crippen LogP contribution in [-0.2, 0) is 6.42 Å². The summed E-state index contributed by atoms with van der Waals surface area (Å²) in [4.78, 5) is 26.8. The Hall–Kier alpha value is -1.74. The largest absolute Gasteiger partial charge is 0.476 e. The summed E-state index contributed by atoms with van der Waals surface area (Å²) in [6.07, 6.45) is 2.73. The molecule has 2 heterocycles. The highest BCUT2D eigenvalue weighted by molar-refractivity contribution is 9.10. The third-order valence-corrected chi connectivity index (χ3v) is 5.04. The maximum Gasteiger partial charge on any atom is 0.355 e. The maximum absolute atomic E-state index is 12.1. The van der Waals surface area contributed by atoms with E-state index in [0.717, 1.165) is 23.0 Å². The molecule has 0 spiro atoms. The quantitative estimate of drug-likeness (QED) is 0.707. The van der Waals surface area contributed by atoms with Crippen molar-refractivity contribution in [3.8, 4) is 0 Å². The van der Waals surface area contributed by atoms with Crippen LogP contribution in [0.25, 0.3) is 0 Å². The first kappa shape index (κ1) is 15.2. The van der Waals surface area contributed by atoms with Gasteiger partial charge in [0.25, 0.3) is 5.91 Å². The Morgan fingerprint density at radius 1 is 1.50 bits per heavy atom. The number of carboxylic acid groups (broad SMARTS) is 1. The Bertz CT molecular complexity index is 723. The van der Waals surface area contributed by atoms with Crippen molar-refractivity contribution in [3.63, 3.8) is 0 Å². The van der Waals surface area contributed by atoms with Crippen LogP contribution in [0.5, 0.6) is 0 Å². The third-order valence-electron chi connectivity index (χ3n) is 3.33. The van der Waals surface area contributed by atoms with Gasteiger partial charge in [-0.1, -0.05) is 0 Å². The van der Waals surface area contributed by atoms with E-state index in [0.29, 0.717) is 29.6 Å². The van der Waals surface area contributed by atoms with E-state index in [9.17, 15) is 9.59 Å². The lowest BCUT2D eigenvalue weighted by Gasteiger charge is -2.02. The molecule has 116 valence electrons. The van der Waals surface area contributed by atoms with E-state index in [1.165, 1.54) is 16.7 Å². The van der Waals surface area contributed by atoms with Crippen LogP contribution >= 0.6 is 27.3 Å². The second-order valence-electron chi connectivity index (χ2n) is 5.01. The molecular weight excluding hydrogens is 372 g/mol. The fourth-order valence-electron chi connectivity index (χ4n) is 2.03. The third kappa shape index (κ3) is 3.20. The number of hydrogen-bond donors (Lipinski definition) is 3. The van der Waals surface area contributed by atoms with Gasteiger partial charge in [0, 0.05) is 24.3 Å². The number of aromatic amines is 1. The highest BCUT2D eigenvalue weighted by Crippen LogP contribution is 2.42.